The molecule has 2 aromatic carbocycles. The molecular weight excluding hydrogens is 394 g/mol. The predicted molar refractivity (Wildman–Crippen MR) is 107 cm³/mol. The normalized spacial score (nSPS) is 12.0. The van der Waals surface area contributed by atoms with Gasteiger partial charge in [0.15, 0.2) is 11.5 Å². The molecule has 0 unspecified atom stereocenters. The van der Waals surface area contributed by atoms with Crippen LogP contribution in [0.15, 0.2) is 51.8 Å². The third kappa shape index (κ3) is 4.80. The van der Waals surface area contributed by atoms with Crippen molar-refractivity contribution in [1.29, 1.82) is 0 Å². The highest BCUT2D eigenvalue weighted by molar-refractivity contribution is 7.99. The van der Waals surface area contributed by atoms with E-state index in [0.717, 1.165) is 22.8 Å². The van der Waals surface area contributed by atoms with Crippen LogP contribution in [0.25, 0.3) is 11.5 Å². The van der Waals surface area contributed by atoms with Crippen molar-refractivity contribution in [2.45, 2.75) is 17.7 Å². The molecule has 1 aromatic heterocycles. The Morgan fingerprint density at radius 1 is 1.14 bits per heavy atom. The molecule has 8 nitrogen and oxygen atoms in total. The highest BCUT2D eigenvalue weighted by atomic mass is 32.2. The van der Waals surface area contributed by atoms with Gasteiger partial charge in [0.1, 0.15) is 5.75 Å². The number of amides is 1. The second-order valence-corrected chi connectivity index (χ2v) is 7.32. The molecule has 0 aliphatic carbocycles. The van der Waals surface area contributed by atoms with Gasteiger partial charge in [-0.05, 0) is 54.6 Å². The minimum Gasteiger partial charge on any atom is -0.497 e. The number of methoxy groups -OCH3 is 1. The molecule has 9 heteroatoms. The van der Waals surface area contributed by atoms with Gasteiger partial charge in [0, 0.05) is 16.9 Å². The van der Waals surface area contributed by atoms with Gasteiger partial charge in [-0.1, -0.05) is 5.10 Å². The van der Waals surface area contributed by atoms with Crippen LogP contribution in [0.5, 0.6) is 17.2 Å². The van der Waals surface area contributed by atoms with Gasteiger partial charge >= 0.3 is 6.01 Å². The van der Waals surface area contributed by atoms with Crippen LogP contribution < -0.4 is 19.5 Å². The molecule has 1 aliphatic heterocycles. The van der Waals surface area contributed by atoms with Crippen molar-refractivity contribution in [3.05, 3.63) is 42.5 Å². The van der Waals surface area contributed by atoms with Crippen molar-refractivity contribution < 1.29 is 23.4 Å². The molecule has 0 bridgehead atoms. The van der Waals surface area contributed by atoms with E-state index >= 15 is 0 Å². The molecule has 29 heavy (non-hydrogen) atoms. The number of hydrogen-bond donors (Lipinski definition) is 1. The Balaban J connectivity index is 1.24. The number of nitrogens with zero attached hydrogens (tertiary/aromatic N) is 2. The molecule has 0 saturated carbocycles. The molecular formula is C20H19N3O5S. The fraction of sp³-hybridized carbons (Fsp3) is 0.250. The summed E-state index contributed by atoms with van der Waals surface area (Å²) in [5.74, 6) is 3.09. The average Bonchev–Trinajstić information content (AvgIpc) is 3.40. The molecule has 150 valence electrons. The van der Waals surface area contributed by atoms with Crippen LogP contribution in [0.4, 0.5) is 6.01 Å². The lowest BCUT2D eigenvalue weighted by atomic mass is 10.2. The molecule has 3 aromatic rings. The van der Waals surface area contributed by atoms with E-state index in [4.69, 9.17) is 18.6 Å². The first-order valence-corrected chi connectivity index (χ1v) is 10.00. The first-order chi connectivity index (χ1) is 14.2. The highest BCUT2D eigenvalue weighted by Gasteiger charge is 2.17. The lowest BCUT2D eigenvalue weighted by Crippen LogP contribution is -2.11. The molecule has 1 N–H and O–H groups in total. The lowest BCUT2D eigenvalue weighted by Gasteiger charge is -2.03. The molecule has 0 spiro atoms. The zero-order chi connectivity index (χ0) is 20.1. The van der Waals surface area contributed by atoms with Gasteiger partial charge in [0.05, 0.1) is 7.11 Å². The van der Waals surface area contributed by atoms with Crippen molar-refractivity contribution in [3.8, 4) is 28.7 Å². The number of carbonyl (C=O) groups is 1. The van der Waals surface area contributed by atoms with Crippen LogP contribution in [0, 0.1) is 0 Å². The number of hydrogen-bond acceptors (Lipinski definition) is 8. The first kappa shape index (κ1) is 19.1. The summed E-state index contributed by atoms with van der Waals surface area (Å²) in [6, 6.07) is 13.2. The molecule has 0 atom stereocenters. The molecule has 0 saturated heterocycles. The smallest absolute Gasteiger partial charge is 0.322 e. The Labute approximate surface area is 171 Å². The Bertz CT molecular complexity index is 990. The summed E-state index contributed by atoms with van der Waals surface area (Å²) >= 11 is 1.69. The summed E-state index contributed by atoms with van der Waals surface area (Å²) < 4.78 is 21.3. The highest BCUT2D eigenvalue weighted by Crippen LogP contribution is 2.35. The van der Waals surface area contributed by atoms with Crippen LogP contribution in [0.2, 0.25) is 0 Å². The van der Waals surface area contributed by atoms with E-state index in [9.17, 15) is 4.79 Å². The Kier molecular flexibility index (Phi) is 5.85. The van der Waals surface area contributed by atoms with Crippen molar-refractivity contribution in [2.24, 2.45) is 0 Å². The van der Waals surface area contributed by atoms with Gasteiger partial charge in [0.2, 0.25) is 18.6 Å². The average molecular weight is 413 g/mol. The van der Waals surface area contributed by atoms with Crippen molar-refractivity contribution in [1.82, 2.24) is 10.2 Å². The maximum atomic E-state index is 12.1. The Hall–Kier alpha value is -3.20. The van der Waals surface area contributed by atoms with E-state index in [1.807, 2.05) is 24.3 Å². The number of nitrogens with one attached hydrogen (secondary N) is 1. The number of ether oxygens (including phenoxy) is 3. The lowest BCUT2D eigenvalue weighted by molar-refractivity contribution is -0.116. The number of benzene rings is 2. The molecule has 0 radical (unpaired) electrons. The van der Waals surface area contributed by atoms with Crippen molar-refractivity contribution >= 4 is 23.7 Å². The zero-order valence-electron chi connectivity index (χ0n) is 15.7. The minimum atomic E-state index is -0.166. The predicted octanol–water partition coefficient (Wildman–Crippen LogP) is 3.98. The maximum Gasteiger partial charge on any atom is 0.322 e. The Morgan fingerprint density at radius 3 is 2.79 bits per heavy atom. The minimum absolute atomic E-state index is 0.0745. The van der Waals surface area contributed by atoms with Gasteiger partial charge < -0.3 is 18.6 Å². The summed E-state index contributed by atoms with van der Waals surface area (Å²) in [5, 5.41) is 10.5. The van der Waals surface area contributed by atoms with Crippen LogP contribution in [-0.2, 0) is 4.79 Å². The fourth-order valence-corrected chi connectivity index (χ4v) is 3.55. The summed E-state index contributed by atoms with van der Waals surface area (Å²) in [7, 11) is 1.64. The van der Waals surface area contributed by atoms with Crippen LogP contribution in [-0.4, -0.2) is 35.8 Å². The third-order valence-electron chi connectivity index (χ3n) is 4.17. The maximum absolute atomic E-state index is 12.1. The van der Waals surface area contributed by atoms with Gasteiger partial charge in [-0.15, -0.1) is 16.9 Å². The largest absolute Gasteiger partial charge is 0.497 e. The van der Waals surface area contributed by atoms with E-state index in [1.165, 1.54) is 0 Å². The second-order valence-electron chi connectivity index (χ2n) is 6.16. The van der Waals surface area contributed by atoms with Gasteiger partial charge in [0.25, 0.3) is 0 Å². The number of carbonyl (C=O) groups excluding carboxylic acids is 1. The number of rotatable bonds is 8. The number of thioether (sulfide) groups is 1. The van der Waals surface area contributed by atoms with E-state index in [-0.39, 0.29) is 18.7 Å². The summed E-state index contributed by atoms with van der Waals surface area (Å²) in [5.41, 5.74) is 0.693. The molecule has 0 fully saturated rings. The van der Waals surface area contributed by atoms with Gasteiger partial charge in [-0.25, -0.2) is 0 Å². The van der Waals surface area contributed by atoms with E-state index in [1.54, 1.807) is 37.1 Å². The standard InChI is InChI=1S/C20H19N3O5S/c1-25-14-5-7-15(8-6-14)29-10-2-3-18(24)21-20-23-22-19(28-20)13-4-9-16-17(11-13)27-12-26-16/h4-9,11H,2-3,10,12H2,1H3,(H,21,23,24). The fourth-order valence-electron chi connectivity index (χ4n) is 2.70. The number of aromatic nitrogens is 2. The molecule has 4 rings (SSSR count). The monoisotopic (exact) mass is 413 g/mol. The first-order valence-electron chi connectivity index (χ1n) is 9.01. The van der Waals surface area contributed by atoms with Gasteiger partial charge in [-0.2, -0.15) is 0 Å². The number of anilines is 1. The molecule has 2 heterocycles. The quantitative estimate of drug-likeness (QED) is 0.438. The van der Waals surface area contributed by atoms with Crippen LogP contribution in [0.3, 0.4) is 0 Å². The third-order valence-corrected chi connectivity index (χ3v) is 5.27. The van der Waals surface area contributed by atoms with Crippen LogP contribution in [0.1, 0.15) is 12.8 Å². The second kappa shape index (κ2) is 8.87. The summed E-state index contributed by atoms with van der Waals surface area (Å²) in [4.78, 5) is 13.2. The topological polar surface area (TPSA) is 95.7 Å². The zero-order valence-corrected chi connectivity index (χ0v) is 16.5. The van der Waals surface area contributed by atoms with E-state index in [0.29, 0.717) is 29.4 Å². The summed E-state index contributed by atoms with van der Waals surface area (Å²) in [6.45, 7) is 0.195. The molecule has 1 amide bonds. The van der Waals surface area contributed by atoms with Crippen LogP contribution >= 0.6 is 11.8 Å². The van der Waals surface area contributed by atoms with E-state index in [2.05, 4.69) is 15.5 Å². The van der Waals surface area contributed by atoms with Crippen molar-refractivity contribution in [2.75, 3.05) is 25.0 Å². The summed E-state index contributed by atoms with van der Waals surface area (Å²) in [6.07, 6.45) is 1.09. The van der Waals surface area contributed by atoms with Crippen molar-refractivity contribution in [3.63, 3.8) is 0 Å². The van der Waals surface area contributed by atoms with Gasteiger partial charge in [-0.3, -0.25) is 10.1 Å². The Morgan fingerprint density at radius 2 is 1.97 bits per heavy atom. The molecule has 1 aliphatic rings. The SMILES string of the molecule is COc1ccc(SCCCC(=O)Nc2nnc(-c3ccc4c(c3)OCO4)o2)cc1. The van der Waals surface area contributed by atoms with E-state index < -0.39 is 0 Å². The number of fused-ring (bicyclic) bond motifs is 1.